The molecule has 0 aliphatic carbocycles. The number of nitrogens with zero attached hydrogens (tertiary/aromatic N) is 3. The number of rotatable bonds is 4. The first kappa shape index (κ1) is 18.6. The number of fused-ring (bicyclic) bond motifs is 1. The normalized spacial score (nSPS) is 17.4. The summed E-state index contributed by atoms with van der Waals surface area (Å²) in [6.07, 6.45) is -0.725. The Bertz CT molecular complexity index is 828. The van der Waals surface area contributed by atoms with E-state index in [-0.39, 0.29) is 41.8 Å². The number of amides is 3. The predicted octanol–water partition coefficient (Wildman–Crippen LogP) is 2.12. The molecule has 27 heavy (non-hydrogen) atoms. The molecule has 0 saturated carbocycles. The first-order chi connectivity index (χ1) is 12.7. The molecule has 3 rings (SSSR count). The van der Waals surface area contributed by atoms with Crippen LogP contribution in [0.25, 0.3) is 0 Å². The van der Waals surface area contributed by atoms with E-state index in [1.165, 1.54) is 11.0 Å². The van der Waals surface area contributed by atoms with Crippen molar-refractivity contribution >= 4 is 23.6 Å². The second kappa shape index (κ2) is 6.86. The second-order valence-corrected chi connectivity index (χ2v) is 6.77. The van der Waals surface area contributed by atoms with Crippen LogP contribution in [-0.4, -0.2) is 63.0 Å². The zero-order valence-corrected chi connectivity index (χ0v) is 14.9. The van der Waals surface area contributed by atoms with Crippen LogP contribution in [0.2, 0.25) is 0 Å². The molecule has 1 aromatic rings. The van der Waals surface area contributed by atoms with E-state index < -0.39 is 28.9 Å². The van der Waals surface area contributed by atoms with Gasteiger partial charge >= 0.3 is 11.8 Å². The van der Waals surface area contributed by atoms with E-state index in [0.29, 0.717) is 12.8 Å². The van der Waals surface area contributed by atoms with Gasteiger partial charge < -0.3 is 14.7 Å². The lowest BCUT2D eigenvalue weighted by molar-refractivity contribution is -0.386. The second-order valence-electron chi connectivity index (χ2n) is 6.77. The number of piperidine rings is 1. The van der Waals surface area contributed by atoms with Crippen molar-refractivity contribution in [3.8, 4) is 5.75 Å². The van der Waals surface area contributed by atoms with E-state index in [4.69, 9.17) is 9.84 Å². The molecule has 2 aliphatic rings. The lowest BCUT2D eigenvalue weighted by atomic mass is 10.0. The summed E-state index contributed by atoms with van der Waals surface area (Å²) in [5.41, 5.74) is -0.323. The van der Waals surface area contributed by atoms with Gasteiger partial charge in [-0.05, 0) is 26.7 Å². The highest BCUT2D eigenvalue weighted by Gasteiger charge is 2.43. The van der Waals surface area contributed by atoms with Crippen LogP contribution >= 0.6 is 0 Å². The number of carboxylic acid groups (broad SMARTS) is 1. The van der Waals surface area contributed by atoms with Crippen LogP contribution in [0.3, 0.4) is 0 Å². The number of hydrogen-bond acceptors (Lipinski definition) is 6. The maximum Gasteiger partial charge on any atom is 0.407 e. The number of carbonyl (C=O) groups is 3. The van der Waals surface area contributed by atoms with Crippen molar-refractivity contribution in [3.05, 3.63) is 33.4 Å². The molecule has 0 bridgehead atoms. The Morgan fingerprint density at radius 1 is 1.22 bits per heavy atom. The Hall–Kier alpha value is -3.17. The third-order valence-corrected chi connectivity index (χ3v) is 4.66. The third-order valence-electron chi connectivity index (χ3n) is 4.66. The SMILES string of the molecule is CC(C)Oc1cc2c(cc1[N+](=O)[O-])C(=O)N(C1CCN(C(=O)O)CC1)C2=O. The summed E-state index contributed by atoms with van der Waals surface area (Å²) in [7, 11) is 0. The topological polar surface area (TPSA) is 130 Å². The van der Waals surface area contributed by atoms with Gasteiger partial charge in [0.15, 0.2) is 5.75 Å². The highest BCUT2D eigenvalue weighted by molar-refractivity contribution is 6.22. The van der Waals surface area contributed by atoms with Crippen LogP contribution in [0, 0.1) is 10.1 Å². The molecule has 0 spiro atoms. The predicted molar refractivity (Wildman–Crippen MR) is 92.0 cm³/mol. The van der Waals surface area contributed by atoms with Gasteiger partial charge in [0.25, 0.3) is 11.8 Å². The van der Waals surface area contributed by atoms with Gasteiger partial charge in [0.1, 0.15) is 0 Å². The Morgan fingerprint density at radius 2 is 1.78 bits per heavy atom. The summed E-state index contributed by atoms with van der Waals surface area (Å²) in [6.45, 7) is 3.84. The van der Waals surface area contributed by atoms with Crippen LogP contribution in [0.1, 0.15) is 47.4 Å². The van der Waals surface area contributed by atoms with Crippen LogP contribution in [0.15, 0.2) is 12.1 Å². The molecule has 1 fully saturated rings. The molecular weight excluding hydrogens is 358 g/mol. The molecule has 1 N–H and O–H groups in total. The summed E-state index contributed by atoms with van der Waals surface area (Å²) in [5, 5.41) is 20.4. The highest BCUT2D eigenvalue weighted by atomic mass is 16.6. The van der Waals surface area contributed by atoms with E-state index in [2.05, 4.69) is 0 Å². The minimum Gasteiger partial charge on any atom is -0.484 e. The fraction of sp³-hybridized carbons (Fsp3) is 0.471. The molecule has 1 aromatic carbocycles. The number of ether oxygens (including phenoxy) is 1. The Balaban J connectivity index is 1.91. The maximum atomic E-state index is 12.8. The van der Waals surface area contributed by atoms with Crippen molar-refractivity contribution in [3.63, 3.8) is 0 Å². The zero-order valence-electron chi connectivity index (χ0n) is 14.9. The molecule has 3 amide bonds. The van der Waals surface area contributed by atoms with Crippen molar-refractivity contribution in [2.45, 2.75) is 38.8 Å². The van der Waals surface area contributed by atoms with Gasteiger partial charge in [-0.2, -0.15) is 0 Å². The Kier molecular flexibility index (Phi) is 4.73. The van der Waals surface area contributed by atoms with Crippen molar-refractivity contribution in [1.82, 2.24) is 9.80 Å². The van der Waals surface area contributed by atoms with E-state index in [0.717, 1.165) is 11.0 Å². The standard InChI is InChI=1S/C17H19N3O7/c1-9(2)27-14-8-12-11(7-13(14)20(25)26)15(21)19(16(12)22)10-3-5-18(6-4-10)17(23)24/h7-10H,3-6H2,1-2H3,(H,23,24). The lowest BCUT2D eigenvalue weighted by Gasteiger charge is -2.34. The molecule has 144 valence electrons. The molecule has 10 nitrogen and oxygen atoms in total. The van der Waals surface area contributed by atoms with Crippen molar-refractivity contribution in [2.24, 2.45) is 0 Å². The molecule has 0 atom stereocenters. The smallest absolute Gasteiger partial charge is 0.407 e. The van der Waals surface area contributed by atoms with Gasteiger partial charge in [-0.25, -0.2) is 4.79 Å². The summed E-state index contributed by atoms with van der Waals surface area (Å²) < 4.78 is 5.44. The van der Waals surface area contributed by atoms with Gasteiger partial charge in [0.2, 0.25) is 0 Å². The zero-order chi connectivity index (χ0) is 19.9. The Morgan fingerprint density at radius 3 is 2.26 bits per heavy atom. The fourth-order valence-corrected chi connectivity index (χ4v) is 3.41. The first-order valence-electron chi connectivity index (χ1n) is 8.55. The number of imide groups is 1. The molecule has 2 heterocycles. The van der Waals surface area contributed by atoms with Gasteiger partial charge in [-0.3, -0.25) is 24.6 Å². The summed E-state index contributed by atoms with van der Waals surface area (Å²) in [4.78, 5) is 49.5. The average molecular weight is 377 g/mol. The molecule has 1 saturated heterocycles. The number of nitro benzene ring substituents is 1. The number of likely N-dealkylation sites (tertiary alicyclic amines) is 1. The molecular formula is C17H19N3O7. The van der Waals surface area contributed by atoms with E-state index in [1.807, 2.05) is 0 Å². The monoisotopic (exact) mass is 377 g/mol. The largest absolute Gasteiger partial charge is 0.484 e. The fourth-order valence-electron chi connectivity index (χ4n) is 3.41. The number of nitro groups is 1. The van der Waals surface area contributed by atoms with E-state index in [9.17, 15) is 24.5 Å². The molecule has 10 heteroatoms. The number of benzene rings is 1. The van der Waals surface area contributed by atoms with Crippen LogP contribution in [0.4, 0.5) is 10.5 Å². The van der Waals surface area contributed by atoms with Crippen molar-refractivity contribution < 1.29 is 29.2 Å². The van der Waals surface area contributed by atoms with Gasteiger partial charge in [-0.1, -0.05) is 0 Å². The molecule has 0 aromatic heterocycles. The van der Waals surface area contributed by atoms with Crippen LogP contribution in [-0.2, 0) is 0 Å². The molecule has 2 aliphatic heterocycles. The van der Waals surface area contributed by atoms with E-state index in [1.54, 1.807) is 13.8 Å². The minimum atomic E-state index is -1.04. The van der Waals surface area contributed by atoms with Gasteiger partial charge in [-0.15, -0.1) is 0 Å². The quantitative estimate of drug-likeness (QED) is 0.483. The maximum absolute atomic E-state index is 12.8. The molecule has 0 radical (unpaired) electrons. The number of carbonyl (C=O) groups excluding carboxylic acids is 2. The third kappa shape index (κ3) is 3.29. The first-order valence-corrected chi connectivity index (χ1v) is 8.55. The summed E-state index contributed by atoms with van der Waals surface area (Å²) in [6, 6.07) is 1.89. The van der Waals surface area contributed by atoms with Crippen molar-refractivity contribution in [1.29, 1.82) is 0 Å². The van der Waals surface area contributed by atoms with Gasteiger partial charge in [0.05, 0.1) is 22.2 Å². The summed E-state index contributed by atoms with van der Waals surface area (Å²) >= 11 is 0. The average Bonchev–Trinajstić information content (AvgIpc) is 2.84. The summed E-state index contributed by atoms with van der Waals surface area (Å²) in [5.74, 6) is -1.19. The van der Waals surface area contributed by atoms with E-state index >= 15 is 0 Å². The van der Waals surface area contributed by atoms with Crippen LogP contribution < -0.4 is 4.74 Å². The number of hydrogen-bond donors (Lipinski definition) is 1. The van der Waals surface area contributed by atoms with Gasteiger partial charge in [0, 0.05) is 31.3 Å². The van der Waals surface area contributed by atoms with Crippen molar-refractivity contribution in [2.75, 3.05) is 13.1 Å². The minimum absolute atomic E-state index is 0.0246. The lowest BCUT2D eigenvalue weighted by Crippen LogP contribution is -2.48. The van der Waals surface area contributed by atoms with Crippen LogP contribution in [0.5, 0.6) is 5.75 Å². The molecule has 0 unspecified atom stereocenters. The highest BCUT2D eigenvalue weighted by Crippen LogP contribution is 2.37. The Labute approximate surface area is 154 Å².